The molecule has 0 bridgehead atoms. The molecule has 5 heteroatoms. The van der Waals surface area contributed by atoms with Gasteiger partial charge in [0.05, 0.1) is 12.1 Å². The first kappa shape index (κ1) is 17.4. The summed E-state index contributed by atoms with van der Waals surface area (Å²) in [6.45, 7) is 2.72. The number of hydrogen-bond donors (Lipinski definition) is 2. The Morgan fingerprint density at radius 2 is 2.00 bits per heavy atom. The van der Waals surface area contributed by atoms with Crippen molar-refractivity contribution in [1.29, 1.82) is 0 Å². The van der Waals surface area contributed by atoms with E-state index in [0.717, 1.165) is 30.4 Å². The van der Waals surface area contributed by atoms with E-state index in [-0.39, 0.29) is 24.2 Å². The zero-order chi connectivity index (χ0) is 17.5. The topological polar surface area (TPSA) is 63.2 Å². The molecule has 1 aliphatic rings. The standard InChI is InChI=1S/C20H25N3O2/c1-2-18(15-8-11-21-12-9-15)23-20(24)22-17-10-13-25-19(14-17)16-6-4-3-5-7-16/h3-9,11-12,17-19H,2,10,13-14H2,1H3,(H2,22,23,24)/t17-,18+,19+/m1/s1. The smallest absolute Gasteiger partial charge is 0.315 e. The summed E-state index contributed by atoms with van der Waals surface area (Å²) in [5.41, 5.74) is 2.24. The van der Waals surface area contributed by atoms with Gasteiger partial charge >= 0.3 is 6.03 Å². The second-order valence-corrected chi connectivity index (χ2v) is 6.35. The number of amides is 2. The lowest BCUT2D eigenvalue weighted by atomic mass is 9.97. The summed E-state index contributed by atoms with van der Waals surface area (Å²) in [4.78, 5) is 16.4. The summed E-state index contributed by atoms with van der Waals surface area (Å²) in [6.07, 6.45) is 6.01. The van der Waals surface area contributed by atoms with Gasteiger partial charge in [0.1, 0.15) is 0 Å². The van der Waals surface area contributed by atoms with Crippen molar-refractivity contribution in [3.63, 3.8) is 0 Å². The Labute approximate surface area is 148 Å². The molecule has 5 nitrogen and oxygen atoms in total. The molecule has 0 unspecified atom stereocenters. The maximum atomic E-state index is 12.4. The van der Waals surface area contributed by atoms with E-state index in [0.29, 0.717) is 6.61 Å². The number of urea groups is 1. The maximum Gasteiger partial charge on any atom is 0.315 e. The lowest BCUT2D eigenvalue weighted by Gasteiger charge is -2.31. The van der Waals surface area contributed by atoms with Crippen LogP contribution in [0.1, 0.15) is 49.5 Å². The third-order valence-electron chi connectivity index (χ3n) is 4.61. The Kier molecular flexibility index (Phi) is 6.01. The highest BCUT2D eigenvalue weighted by atomic mass is 16.5. The van der Waals surface area contributed by atoms with Crippen molar-refractivity contribution in [2.75, 3.05) is 6.61 Å². The van der Waals surface area contributed by atoms with Gasteiger partial charge in [-0.1, -0.05) is 37.3 Å². The van der Waals surface area contributed by atoms with E-state index in [1.54, 1.807) is 12.4 Å². The summed E-state index contributed by atoms with van der Waals surface area (Å²) < 4.78 is 5.87. The molecule has 0 spiro atoms. The van der Waals surface area contributed by atoms with Crippen LogP contribution in [0.2, 0.25) is 0 Å². The lowest BCUT2D eigenvalue weighted by molar-refractivity contribution is 0.00221. The van der Waals surface area contributed by atoms with Crippen molar-refractivity contribution in [3.05, 3.63) is 66.0 Å². The Hall–Kier alpha value is -2.40. The van der Waals surface area contributed by atoms with Crippen molar-refractivity contribution < 1.29 is 9.53 Å². The van der Waals surface area contributed by atoms with E-state index >= 15 is 0 Å². The van der Waals surface area contributed by atoms with Crippen molar-refractivity contribution in [1.82, 2.24) is 15.6 Å². The average molecular weight is 339 g/mol. The van der Waals surface area contributed by atoms with Gasteiger partial charge in [-0.05, 0) is 42.5 Å². The van der Waals surface area contributed by atoms with Crippen LogP contribution < -0.4 is 10.6 Å². The SMILES string of the molecule is CC[C@H](NC(=O)N[C@@H]1CCO[C@H](c2ccccc2)C1)c1ccncc1. The summed E-state index contributed by atoms with van der Waals surface area (Å²) in [5, 5.41) is 6.17. The Bertz CT molecular complexity index is 663. The van der Waals surface area contributed by atoms with Crippen LogP contribution in [0.3, 0.4) is 0 Å². The molecule has 1 saturated heterocycles. The molecular formula is C20H25N3O2. The van der Waals surface area contributed by atoms with Crippen molar-refractivity contribution >= 4 is 6.03 Å². The summed E-state index contributed by atoms with van der Waals surface area (Å²) in [7, 11) is 0. The fraction of sp³-hybridized carbons (Fsp3) is 0.400. The number of pyridine rings is 1. The van der Waals surface area contributed by atoms with Crippen LogP contribution in [-0.4, -0.2) is 23.7 Å². The van der Waals surface area contributed by atoms with Gasteiger partial charge in [-0.15, -0.1) is 0 Å². The number of aromatic nitrogens is 1. The zero-order valence-corrected chi connectivity index (χ0v) is 14.5. The predicted molar refractivity (Wildman–Crippen MR) is 97.1 cm³/mol. The number of benzene rings is 1. The zero-order valence-electron chi connectivity index (χ0n) is 14.5. The van der Waals surface area contributed by atoms with E-state index in [1.807, 2.05) is 30.3 Å². The molecule has 3 rings (SSSR count). The van der Waals surface area contributed by atoms with Crippen LogP contribution in [0.15, 0.2) is 54.9 Å². The first-order valence-electron chi connectivity index (χ1n) is 8.89. The van der Waals surface area contributed by atoms with Crippen LogP contribution in [0.5, 0.6) is 0 Å². The quantitative estimate of drug-likeness (QED) is 0.872. The minimum Gasteiger partial charge on any atom is -0.373 e. The van der Waals surface area contributed by atoms with Crippen LogP contribution in [-0.2, 0) is 4.74 Å². The van der Waals surface area contributed by atoms with Gasteiger partial charge in [-0.3, -0.25) is 4.98 Å². The van der Waals surface area contributed by atoms with Crippen LogP contribution >= 0.6 is 0 Å². The molecule has 1 aromatic carbocycles. The van der Waals surface area contributed by atoms with Gasteiger partial charge in [0.2, 0.25) is 0 Å². The van der Waals surface area contributed by atoms with Crippen molar-refractivity contribution in [2.45, 2.75) is 44.4 Å². The second kappa shape index (κ2) is 8.62. The molecule has 132 valence electrons. The molecule has 3 atom stereocenters. The average Bonchev–Trinajstić information content (AvgIpc) is 2.68. The minimum atomic E-state index is -0.123. The Balaban J connectivity index is 1.55. The van der Waals surface area contributed by atoms with Crippen molar-refractivity contribution in [2.24, 2.45) is 0 Å². The lowest BCUT2D eigenvalue weighted by Crippen LogP contribution is -2.45. The summed E-state index contributed by atoms with van der Waals surface area (Å²) in [5.74, 6) is 0. The molecule has 2 amide bonds. The molecule has 0 radical (unpaired) electrons. The van der Waals surface area contributed by atoms with Crippen LogP contribution in [0.25, 0.3) is 0 Å². The van der Waals surface area contributed by atoms with E-state index in [9.17, 15) is 4.79 Å². The number of carbonyl (C=O) groups excluding carboxylic acids is 1. The van der Waals surface area contributed by atoms with E-state index in [2.05, 4.69) is 34.7 Å². The van der Waals surface area contributed by atoms with Crippen LogP contribution in [0.4, 0.5) is 4.79 Å². The number of hydrogen-bond acceptors (Lipinski definition) is 3. The largest absolute Gasteiger partial charge is 0.373 e. The molecule has 2 aromatic rings. The number of carbonyl (C=O) groups is 1. The maximum absolute atomic E-state index is 12.4. The molecule has 1 aromatic heterocycles. The Morgan fingerprint density at radius 1 is 1.24 bits per heavy atom. The second-order valence-electron chi connectivity index (χ2n) is 6.35. The minimum absolute atomic E-state index is 0.00670. The number of nitrogens with zero attached hydrogens (tertiary/aromatic N) is 1. The van der Waals surface area contributed by atoms with E-state index in [4.69, 9.17) is 4.74 Å². The molecule has 2 heterocycles. The van der Waals surface area contributed by atoms with Gasteiger partial charge in [0.25, 0.3) is 0 Å². The fourth-order valence-electron chi connectivity index (χ4n) is 3.23. The van der Waals surface area contributed by atoms with Gasteiger partial charge in [-0.25, -0.2) is 4.79 Å². The molecule has 0 saturated carbocycles. The van der Waals surface area contributed by atoms with Gasteiger partial charge in [0.15, 0.2) is 0 Å². The van der Waals surface area contributed by atoms with Gasteiger partial charge in [-0.2, -0.15) is 0 Å². The first-order chi connectivity index (χ1) is 12.3. The predicted octanol–water partition coefficient (Wildman–Crippen LogP) is 3.75. The number of rotatable bonds is 5. The Morgan fingerprint density at radius 3 is 2.72 bits per heavy atom. The first-order valence-corrected chi connectivity index (χ1v) is 8.89. The third-order valence-corrected chi connectivity index (χ3v) is 4.61. The van der Waals surface area contributed by atoms with E-state index in [1.165, 1.54) is 0 Å². The van der Waals surface area contributed by atoms with Gasteiger partial charge in [0, 0.05) is 25.0 Å². The highest BCUT2D eigenvalue weighted by Crippen LogP contribution is 2.28. The molecule has 25 heavy (non-hydrogen) atoms. The van der Waals surface area contributed by atoms with E-state index < -0.39 is 0 Å². The van der Waals surface area contributed by atoms with Gasteiger partial charge < -0.3 is 15.4 Å². The number of nitrogens with one attached hydrogen (secondary N) is 2. The molecule has 2 N–H and O–H groups in total. The molecule has 0 aliphatic carbocycles. The third kappa shape index (κ3) is 4.79. The molecular weight excluding hydrogens is 314 g/mol. The normalized spacial score (nSPS) is 21.3. The molecule has 1 aliphatic heterocycles. The summed E-state index contributed by atoms with van der Waals surface area (Å²) >= 11 is 0. The highest BCUT2D eigenvalue weighted by Gasteiger charge is 2.25. The molecule has 1 fully saturated rings. The fourth-order valence-corrected chi connectivity index (χ4v) is 3.23. The number of ether oxygens (including phenoxy) is 1. The summed E-state index contributed by atoms with van der Waals surface area (Å²) in [6, 6.07) is 14.0. The van der Waals surface area contributed by atoms with Crippen LogP contribution in [0, 0.1) is 0 Å². The monoisotopic (exact) mass is 339 g/mol. The highest BCUT2D eigenvalue weighted by molar-refractivity contribution is 5.74. The van der Waals surface area contributed by atoms with Crippen molar-refractivity contribution in [3.8, 4) is 0 Å².